The van der Waals surface area contributed by atoms with Crippen molar-refractivity contribution in [2.75, 3.05) is 18.1 Å². The molecule has 2 aliphatic rings. The standard InChI is InChI=1S/C16H19N3O3S/c20-23(21)9-8-19(14(11-23)12-6-7-12)10-15-17-18-16(22-15)13-4-2-1-3-5-13/h1-5,12,14H,6-11H2. The average Bonchev–Trinajstić information content (AvgIpc) is 3.29. The number of rotatable bonds is 4. The van der Waals surface area contributed by atoms with Crippen LogP contribution in [0, 0.1) is 5.92 Å². The minimum Gasteiger partial charge on any atom is -0.419 e. The summed E-state index contributed by atoms with van der Waals surface area (Å²) in [4.78, 5) is 2.20. The molecule has 2 aromatic rings. The molecule has 122 valence electrons. The summed E-state index contributed by atoms with van der Waals surface area (Å²) >= 11 is 0. The van der Waals surface area contributed by atoms with Crippen molar-refractivity contribution >= 4 is 9.84 Å². The van der Waals surface area contributed by atoms with E-state index in [4.69, 9.17) is 4.42 Å². The number of hydrogen-bond acceptors (Lipinski definition) is 6. The first kappa shape index (κ1) is 14.8. The lowest BCUT2D eigenvalue weighted by Crippen LogP contribution is -2.49. The predicted octanol–water partition coefficient (Wildman–Crippen LogP) is 1.75. The molecule has 1 unspecified atom stereocenters. The van der Waals surface area contributed by atoms with Crippen LogP contribution in [0.25, 0.3) is 11.5 Å². The van der Waals surface area contributed by atoms with Crippen molar-refractivity contribution in [1.29, 1.82) is 0 Å². The lowest BCUT2D eigenvalue weighted by molar-refractivity contribution is 0.169. The molecule has 0 radical (unpaired) electrons. The number of aromatic nitrogens is 2. The van der Waals surface area contributed by atoms with Gasteiger partial charge in [-0.2, -0.15) is 0 Å². The molecular formula is C16H19N3O3S. The highest BCUT2D eigenvalue weighted by Crippen LogP contribution is 2.38. The van der Waals surface area contributed by atoms with E-state index in [0.29, 0.717) is 30.8 Å². The zero-order valence-electron chi connectivity index (χ0n) is 12.8. The molecule has 7 heteroatoms. The molecule has 6 nitrogen and oxygen atoms in total. The molecule has 1 saturated carbocycles. The van der Waals surface area contributed by atoms with Gasteiger partial charge in [0.2, 0.25) is 11.8 Å². The van der Waals surface area contributed by atoms with E-state index >= 15 is 0 Å². The van der Waals surface area contributed by atoms with Gasteiger partial charge in [-0.1, -0.05) is 18.2 Å². The molecule has 1 atom stereocenters. The van der Waals surface area contributed by atoms with Crippen molar-refractivity contribution in [1.82, 2.24) is 15.1 Å². The van der Waals surface area contributed by atoms with Crippen molar-refractivity contribution < 1.29 is 12.8 Å². The normalized spacial score (nSPS) is 24.6. The maximum absolute atomic E-state index is 11.9. The molecule has 0 spiro atoms. The Labute approximate surface area is 135 Å². The van der Waals surface area contributed by atoms with Crippen LogP contribution in [0.3, 0.4) is 0 Å². The first-order chi connectivity index (χ1) is 11.1. The third kappa shape index (κ3) is 3.30. The Morgan fingerprint density at radius 3 is 2.70 bits per heavy atom. The van der Waals surface area contributed by atoms with Crippen LogP contribution in [0.2, 0.25) is 0 Å². The molecule has 1 aromatic carbocycles. The molecule has 4 rings (SSSR count). The van der Waals surface area contributed by atoms with Crippen LogP contribution in [0.15, 0.2) is 34.7 Å². The van der Waals surface area contributed by atoms with Gasteiger partial charge in [0, 0.05) is 18.2 Å². The van der Waals surface area contributed by atoms with Crippen molar-refractivity contribution in [3.05, 3.63) is 36.2 Å². The molecule has 1 aromatic heterocycles. The Hall–Kier alpha value is -1.73. The maximum Gasteiger partial charge on any atom is 0.247 e. The Bertz CT molecular complexity index is 784. The van der Waals surface area contributed by atoms with Gasteiger partial charge in [0.05, 0.1) is 18.1 Å². The van der Waals surface area contributed by atoms with Gasteiger partial charge in [0.15, 0.2) is 9.84 Å². The van der Waals surface area contributed by atoms with Gasteiger partial charge in [-0.15, -0.1) is 10.2 Å². The number of hydrogen-bond donors (Lipinski definition) is 0. The summed E-state index contributed by atoms with van der Waals surface area (Å²) in [6.45, 7) is 1.07. The molecule has 23 heavy (non-hydrogen) atoms. The zero-order chi connectivity index (χ0) is 15.9. The molecule has 2 fully saturated rings. The molecule has 2 heterocycles. The van der Waals surface area contributed by atoms with Crippen LogP contribution in [0.1, 0.15) is 18.7 Å². The lowest BCUT2D eigenvalue weighted by Gasteiger charge is -2.34. The van der Waals surface area contributed by atoms with Crippen molar-refractivity contribution in [3.63, 3.8) is 0 Å². The third-order valence-corrected chi connectivity index (χ3v) is 6.23. The second kappa shape index (κ2) is 5.72. The monoisotopic (exact) mass is 333 g/mol. The molecular weight excluding hydrogens is 314 g/mol. The van der Waals surface area contributed by atoms with Gasteiger partial charge in [-0.3, -0.25) is 4.90 Å². The fourth-order valence-electron chi connectivity index (χ4n) is 3.17. The summed E-state index contributed by atoms with van der Waals surface area (Å²) in [5.74, 6) is 2.04. The molecule has 1 aliphatic carbocycles. The smallest absolute Gasteiger partial charge is 0.247 e. The second-order valence-electron chi connectivity index (χ2n) is 6.36. The van der Waals surface area contributed by atoms with Crippen LogP contribution in [-0.4, -0.2) is 47.6 Å². The highest BCUT2D eigenvalue weighted by molar-refractivity contribution is 7.91. The minimum atomic E-state index is -2.91. The van der Waals surface area contributed by atoms with Gasteiger partial charge in [0.1, 0.15) is 0 Å². The Kier molecular flexibility index (Phi) is 3.69. The quantitative estimate of drug-likeness (QED) is 0.848. The summed E-state index contributed by atoms with van der Waals surface area (Å²) in [6.07, 6.45) is 2.24. The SMILES string of the molecule is O=S1(=O)CCN(Cc2nnc(-c3ccccc3)o2)C(C2CC2)C1. The Morgan fingerprint density at radius 2 is 1.96 bits per heavy atom. The van der Waals surface area contributed by atoms with E-state index in [1.165, 1.54) is 0 Å². The van der Waals surface area contributed by atoms with Crippen molar-refractivity contribution in [2.45, 2.75) is 25.4 Å². The first-order valence-corrected chi connectivity index (χ1v) is 9.75. The highest BCUT2D eigenvalue weighted by atomic mass is 32.2. The first-order valence-electron chi connectivity index (χ1n) is 7.93. The maximum atomic E-state index is 11.9. The minimum absolute atomic E-state index is 0.0980. The summed E-state index contributed by atoms with van der Waals surface area (Å²) in [7, 11) is -2.91. The number of benzene rings is 1. The molecule has 1 saturated heterocycles. The van der Waals surface area contributed by atoms with Crippen molar-refractivity contribution in [2.24, 2.45) is 5.92 Å². The van der Waals surface area contributed by atoms with Gasteiger partial charge < -0.3 is 4.42 Å². The average molecular weight is 333 g/mol. The largest absolute Gasteiger partial charge is 0.419 e. The fraction of sp³-hybridized carbons (Fsp3) is 0.500. The lowest BCUT2D eigenvalue weighted by atomic mass is 10.2. The van der Waals surface area contributed by atoms with Gasteiger partial charge in [-0.05, 0) is 30.9 Å². The number of sulfone groups is 1. The molecule has 0 N–H and O–H groups in total. The third-order valence-electron chi connectivity index (χ3n) is 4.58. The summed E-state index contributed by atoms with van der Waals surface area (Å²) in [5, 5.41) is 8.23. The van der Waals surface area contributed by atoms with Gasteiger partial charge in [0.25, 0.3) is 0 Å². The van der Waals surface area contributed by atoms with Crippen molar-refractivity contribution in [3.8, 4) is 11.5 Å². The van der Waals surface area contributed by atoms with Crippen LogP contribution in [0.5, 0.6) is 0 Å². The molecule has 0 bridgehead atoms. The predicted molar refractivity (Wildman–Crippen MR) is 85.3 cm³/mol. The summed E-state index contributed by atoms with van der Waals surface area (Å²) in [5.41, 5.74) is 0.895. The molecule has 0 amide bonds. The van der Waals surface area contributed by atoms with E-state index in [1.807, 2.05) is 30.3 Å². The van der Waals surface area contributed by atoms with Gasteiger partial charge >= 0.3 is 0 Å². The summed E-state index contributed by atoms with van der Waals surface area (Å²) in [6, 6.07) is 9.75. The van der Waals surface area contributed by atoms with Crippen LogP contribution >= 0.6 is 0 Å². The number of nitrogens with zero attached hydrogens (tertiary/aromatic N) is 3. The van der Waals surface area contributed by atoms with Crippen LogP contribution < -0.4 is 0 Å². The molecule has 1 aliphatic heterocycles. The van der Waals surface area contributed by atoms with Gasteiger partial charge in [-0.25, -0.2) is 8.42 Å². The van der Waals surface area contributed by atoms with E-state index in [1.54, 1.807) is 0 Å². The fourth-order valence-corrected chi connectivity index (χ4v) is 4.85. The zero-order valence-corrected chi connectivity index (χ0v) is 13.6. The topological polar surface area (TPSA) is 76.3 Å². The Balaban J connectivity index is 1.50. The van der Waals surface area contributed by atoms with Crippen LogP contribution in [0.4, 0.5) is 0 Å². The second-order valence-corrected chi connectivity index (χ2v) is 8.59. The summed E-state index contributed by atoms with van der Waals surface area (Å²) < 4.78 is 29.6. The van der Waals surface area contributed by atoms with Crippen LogP contribution in [-0.2, 0) is 16.4 Å². The van der Waals surface area contributed by atoms with E-state index in [0.717, 1.165) is 18.4 Å². The van der Waals surface area contributed by atoms with E-state index in [-0.39, 0.29) is 17.5 Å². The van der Waals surface area contributed by atoms with E-state index in [9.17, 15) is 8.42 Å². The Morgan fingerprint density at radius 1 is 1.17 bits per heavy atom. The highest BCUT2D eigenvalue weighted by Gasteiger charge is 2.41. The van der Waals surface area contributed by atoms with E-state index < -0.39 is 9.84 Å². The van der Waals surface area contributed by atoms with E-state index in [2.05, 4.69) is 15.1 Å².